The van der Waals surface area contributed by atoms with Gasteiger partial charge in [-0.25, -0.2) is 0 Å². The van der Waals surface area contributed by atoms with Crippen molar-refractivity contribution >= 4 is 17.5 Å². The van der Waals surface area contributed by atoms with E-state index in [1.807, 2.05) is 29.2 Å². The van der Waals surface area contributed by atoms with Crippen molar-refractivity contribution in [3.8, 4) is 16.9 Å². The Morgan fingerprint density at radius 2 is 2.00 bits per heavy atom. The highest BCUT2D eigenvalue weighted by molar-refractivity contribution is 6.31. The number of nitrogens with zero attached hydrogens (tertiary/aromatic N) is 1. The van der Waals surface area contributed by atoms with Gasteiger partial charge < -0.3 is 14.7 Å². The summed E-state index contributed by atoms with van der Waals surface area (Å²) in [5.41, 5.74) is 2.16. The van der Waals surface area contributed by atoms with Crippen LogP contribution in [0.5, 0.6) is 5.75 Å². The highest BCUT2D eigenvalue weighted by Gasteiger charge is 2.27. The quantitative estimate of drug-likeness (QED) is 0.823. The third kappa shape index (κ3) is 4.19. The van der Waals surface area contributed by atoms with Gasteiger partial charge in [0.2, 0.25) is 0 Å². The highest BCUT2D eigenvalue weighted by atomic mass is 35.5. The Morgan fingerprint density at radius 1 is 1.23 bits per heavy atom. The van der Waals surface area contributed by atoms with Crippen LogP contribution >= 0.6 is 11.6 Å². The number of likely N-dealkylation sites (tertiary alicyclic amines) is 1. The van der Waals surface area contributed by atoms with E-state index in [0.717, 1.165) is 37.8 Å². The topological polar surface area (TPSA) is 49.8 Å². The summed E-state index contributed by atoms with van der Waals surface area (Å²) in [4.78, 5) is 14.9. The second-order valence-electron chi connectivity index (χ2n) is 6.67. The zero-order valence-corrected chi connectivity index (χ0v) is 15.7. The Bertz CT molecular complexity index is 760. The fraction of sp³-hybridized carbons (Fsp3) is 0.381. The molecular weight excluding hydrogens is 350 g/mol. The van der Waals surface area contributed by atoms with Gasteiger partial charge in [0.05, 0.1) is 0 Å². The van der Waals surface area contributed by atoms with E-state index in [1.54, 1.807) is 25.3 Å². The second kappa shape index (κ2) is 8.56. The number of hydrogen-bond acceptors (Lipinski definition) is 3. The smallest absolute Gasteiger partial charge is 0.254 e. The van der Waals surface area contributed by atoms with Gasteiger partial charge in [-0.2, -0.15) is 0 Å². The number of hydrogen-bond donors (Lipinski definition) is 1. The van der Waals surface area contributed by atoms with Crippen molar-refractivity contribution in [1.29, 1.82) is 0 Å². The van der Waals surface area contributed by atoms with Crippen LogP contribution in [0, 0.1) is 0 Å². The van der Waals surface area contributed by atoms with Crippen molar-refractivity contribution < 1.29 is 14.6 Å². The molecule has 1 aliphatic rings. The van der Waals surface area contributed by atoms with Crippen LogP contribution in [0.2, 0.25) is 5.02 Å². The van der Waals surface area contributed by atoms with Gasteiger partial charge in [0, 0.05) is 42.5 Å². The second-order valence-corrected chi connectivity index (χ2v) is 7.10. The molecule has 26 heavy (non-hydrogen) atoms. The Morgan fingerprint density at radius 3 is 2.73 bits per heavy atom. The van der Waals surface area contributed by atoms with E-state index >= 15 is 0 Å². The lowest BCUT2D eigenvalue weighted by Gasteiger charge is -2.36. The molecule has 138 valence electrons. The molecule has 0 unspecified atom stereocenters. The standard InChI is InChI=1S/C21H24ClNO3/c1-26-13-11-18-4-2-3-12-23(18)21(25)16-7-5-15(6-8-16)19-14-17(22)9-10-20(19)24/h5-10,14,18,24H,2-4,11-13H2,1H3/t18-/m1/s1. The maximum atomic E-state index is 13.0. The molecule has 0 radical (unpaired) electrons. The first kappa shape index (κ1) is 18.7. The van der Waals surface area contributed by atoms with Gasteiger partial charge >= 0.3 is 0 Å². The fourth-order valence-electron chi connectivity index (χ4n) is 3.52. The van der Waals surface area contributed by atoms with E-state index in [2.05, 4.69) is 0 Å². The Hall–Kier alpha value is -2.04. The molecule has 1 heterocycles. The van der Waals surface area contributed by atoms with Crippen molar-refractivity contribution in [2.24, 2.45) is 0 Å². The van der Waals surface area contributed by atoms with Gasteiger partial charge in [-0.05, 0) is 61.6 Å². The third-order valence-corrected chi connectivity index (χ3v) is 5.18. The normalized spacial score (nSPS) is 17.3. The number of carbonyl (C=O) groups is 1. The van der Waals surface area contributed by atoms with Crippen LogP contribution in [0.3, 0.4) is 0 Å². The van der Waals surface area contributed by atoms with Crippen LogP contribution in [-0.2, 0) is 4.74 Å². The maximum Gasteiger partial charge on any atom is 0.254 e. The third-order valence-electron chi connectivity index (χ3n) is 4.94. The summed E-state index contributed by atoms with van der Waals surface area (Å²) in [6, 6.07) is 12.5. The van der Waals surface area contributed by atoms with E-state index < -0.39 is 0 Å². The number of halogens is 1. The summed E-state index contributed by atoms with van der Waals surface area (Å²) < 4.78 is 5.19. The van der Waals surface area contributed by atoms with Gasteiger partial charge in [0.1, 0.15) is 5.75 Å². The van der Waals surface area contributed by atoms with E-state index in [-0.39, 0.29) is 17.7 Å². The summed E-state index contributed by atoms with van der Waals surface area (Å²) in [6.07, 6.45) is 4.11. The molecule has 4 nitrogen and oxygen atoms in total. The molecule has 1 saturated heterocycles. The van der Waals surface area contributed by atoms with Crippen LogP contribution < -0.4 is 0 Å². The highest BCUT2D eigenvalue weighted by Crippen LogP contribution is 2.32. The molecule has 0 aliphatic carbocycles. The molecule has 0 aromatic heterocycles. The number of phenols is 1. The average molecular weight is 374 g/mol. The molecule has 2 aromatic rings. The number of benzene rings is 2. The van der Waals surface area contributed by atoms with Crippen LogP contribution in [0.4, 0.5) is 0 Å². The number of aromatic hydroxyl groups is 1. The van der Waals surface area contributed by atoms with E-state index in [1.165, 1.54) is 0 Å². The summed E-state index contributed by atoms with van der Waals surface area (Å²) in [5, 5.41) is 10.6. The predicted molar refractivity (Wildman–Crippen MR) is 104 cm³/mol. The van der Waals surface area contributed by atoms with Gasteiger partial charge in [-0.1, -0.05) is 23.7 Å². The minimum atomic E-state index is 0.0627. The summed E-state index contributed by atoms with van der Waals surface area (Å²) in [7, 11) is 1.69. The molecule has 1 N–H and O–H groups in total. The molecule has 5 heteroatoms. The zero-order valence-electron chi connectivity index (χ0n) is 15.0. The number of phenolic OH excluding ortho intramolecular Hbond substituents is 1. The first-order chi connectivity index (χ1) is 12.6. The number of amides is 1. The Kier molecular flexibility index (Phi) is 6.17. The van der Waals surface area contributed by atoms with E-state index in [0.29, 0.717) is 22.8 Å². The maximum absolute atomic E-state index is 13.0. The lowest BCUT2D eigenvalue weighted by Crippen LogP contribution is -2.44. The molecule has 0 bridgehead atoms. The fourth-order valence-corrected chi connectivity index (χ4v) is 3.69. The predicted octanol–water partition coefficient (Wildman–Crippen LogP) is 4.74. The van der Waals surface area contributed by atoms with Gasteiger partial charge in [-0.15, -0.1) is 0 Å². The van der Waals surface area contributed by atoms with Crippen LogP contribution in [0.1, 0.15) is 36.0 Å². The van der Waals surface area contributed by atoms with E-state index in [4.69, 9.17) is 16.3 Å². The molecule has 1 atom stereocenters. The Balaban J connectivity index is 1.79. The van der Waals surface area contributed by atoms with Gasteiger partial charge in [-0.3, -0.25) is 4.79 Å². The van der Waals surface area contributed by atoms with Gasteiger partial charge in [0.25, 0.3) is 5.91 Å². The van der Waals surface area contributed by atoms with Crippen molar-refractivity contribution in [2.45, 2.75) is 31.7 Å². The number of methoxy groups -OCH3 is 1. The monoisotopic (exact) mass is 373 g/mol. The molecular formula is C21H24ClNO3. The van der Waals surface area contributed by atoms with Crippen LogP contribution in [0.15, 0.2) is 42.5 Å². The largest absolute Gasteiger partial charge is 0.507 e. The average Bonchev–Trinajstić information content (AvgIpc) is 2.68. The molecule has 0 saturated carbocycles. The first-order valence-electron chi connectivity index (χ1n) is 8.99. The van der Waals surface area contributed by atoms with Crippen molar-refractivity contribution in [3.05, 3.63) is 53.1 Å². The van der Waals surface area contributed by atoms with Crippen molar-refractivity contribution in [2.75, 3.05) is 20.3 Å². The molecule has 1 aliphatic heterocycles. The van der Waals surface area contributed by atoms with Crippen LogP contribution in [0.25, 0.3) is 11.1 Å². The van der Waals surface area contributed by atoms with E-state index in [9.17, 15) is 9.90 Å². The minimum Gasteiger partial charge on any atom is -0.507 e. The summed E-state index contributed by atoms with van der Waals surface area (Å²) in [6.45, 7) is 1.46. The SMILES string of the molecule is COCC[C@H]1CCCCN1C(=O)c1ccc(-c2cc(Cl)ccc2O)cc1. The first-order valence-corrected chi connectivity index (χ1v) is 9.37. The zero-order chi connectivity index (χ0) is 18.5. The Labute approximate surface area is 159 Å². The molecule has 1 fully saturated rings. The summed E-state index contributed by atoms with van der Waals surface area (Å²) in [5.74, 6) is 0.233. The number of ether oxygens (including phenoxy) is 1. The van der Waals surface area contributed by atoms with Crippen molar-refractivity contribution in [3.63, 3.8) is 0 Å². The molecule has 2 aromatic carbocycles. The minimum absolute atomic E-state index is 0.0627. The van der Waals surface area contributed by atoms with Crippen molar-refractivity contribution in [1.82, 2.24) is 4.90 Å². The number of piperidine rings is 1. The number of carbonyl (C=O) groups excluding carboxylic acids is 1. The molecule has 0 spiro atoms. The molecule has 3 rings (SSSR count). The summed E-state index contributed by atoms with van der Waals surface area (Å²) >= 11 is 6.03. The van der Waals surface area contributed by atoms with Gasteiger partial charge in [0.15, 0.2) is 0 Å². The lowest BCUT2D eigenvalue weighted by molar-refractivity contribution is 0.0553. The molecule has 1 amide bonds. The van der Waals surface area contributed by atoms with Crippen LogP contribution in [-0.4, -0.2) is 42.2 Å². The number of rotatable bonds is 5. The lowest BCUT2D eigenvalue weighted by atomic mass is 9.97.